The van der Waals surface area contributed by atoms with E-state index in [1.807, 2.05) is 44.2 Å². The van der Waals surface area contributed by atoms with E-state index in [9.17, 15) is 9.59 Å². The molecule has 6 heteroatoms. The first kappa shape index (κ1) is 18.6. The summed E-state index contributed by atoms with van der Waals surface area (Å²) in [7, 11) is 0. The SMILES string of the molecule is CCC(C)N(CCC(=O)NCc1ccccc1)C(=O)c1cnccn1. The zero-order chi connectivity index (χ0) is 18.1. The number of hydrogen-bond acceptors (Lipinski definition) is 4. The van der Waals surface area contributed by atoms with E-state index in [1.54, 1.807) is 4.90 Å². The Balaban J connectivity index is 1.91. The average Bonchev–Trinajstić information content (AvgIpc) is 2.67. The molecule has 25 heavy (non-hydrogen) atoms. The topological polar surface area (TPSA) is 75.2 Å². The summed E-state index contributed by atoms with van der Waals surface area (Å²) in [6.45, 7) is 4.82. The standard InChI is InChI=1S/C19H24N4O2/c1-3-15(2)23(19(25)17-14-20-10-11-21-17)12-9-18(24)22-13-16-7-5-4-6-8-16/h4-8,10-11,14-15H,3,9,12-13H2,1-2H3,(H,22,24). The van der Waals surface area contributed by atoms with Crippen molar-refractivity contribution >= 4 is 11.8 Å². The lowest BCUT2D eigenvalue weighted by molar-refractivity contribution is -0.121. The molecule has 1 aromatic heterocycles. The number of rotatable bonds is 8. The Morgan fingerprint density at radius 1 is 1.20 bits per heavy atom. The summed E-state index contributed by atoms with van der Waals surface area (Å²) in [5, 5.41) is 2.89. The lowest BCUT2D eigenvalue weighted by Gasteiger charge is -2.28. The normalized spacial score (nSPS) is 11.6. The molecule has 1 unspecified atom stereocenters. The van der Waals surface area contributed by atoms with Gasteiger partial charge < -0.3 is 10.2 Å². The van der Waals surface area contributed by atoms with Crippen LogP contribution in [0.5, 0.6) is 0 Å². The van der Waals surface area contributed by atoms with Crippen LogP contribution in [0, 0.1) is 0 Å². The number of carbonyl (C=O) groups is 2. The molecule has 1 atom stereocenters. The highest BCUT2D eigenvalue weighted by Gasteiger charge is 2.22. The maximum atomic E-state index is 12.6. The Morgan fingerprint density at radius 2 is 1.96 bits per heavy atom. The summed E-state index contributed by atoms with van der Waals surface area (Å²) in [6, 6.07) is 9.76. The molecule has 2 rings (SSSR count). The second kappa shape index (κ2) is 9.52. The van der Waals surface area contributed by atoms with Gasteiger partial charge in [-0.05, 0) is 18.9 Å². The van der Waals surface area contributed by atoms with Crippen molar-refractivity contribution in [2.45, 2.75) is 39.3 Å². The van der Waals surface area contributed by atoms with Crippen LogP contribution in [0.4, 0.5) is 0 Å². The Bertz CT molecular complexity index is 676. The molecule has 0 bridgehead atoms. The molecule has 1 heterocycles. The van der Waals surface area contributed by atoms with Crippen LogP contribution >= 0.6 is 0 Å². The molecular formula is C19H24N4O2. The summed E-state index contributed by atoms with van der Waals surface area (Å²) < 4.78 is 0. The fourth-order valence-electron chi connectivity index (χ4n) is 2.41. The molecule has 0 spiro atoms. The van der Waals surface area contributed by atoms with Crippen molar-refractivity contribution in [1.82, 2.24) is 20.2 Å². The third kappa shape index (κ3) is 5.67. The molecule has 2 aromatic rings. The molecule has 0 aliphatic rings. The van der Waals surface area contributed by atoms with Crippen molar-refractivity contribution in [3.8, 4) is 0 Å². The van der Waals surface area contributed by atoms with Gasteiger partial charge in [-0.2, -0.15) is 0 Å². The second-order valence-corrected chi connectivity index (χ2v) is 5.86. The number of benzene rings is 1. The molecule has 0 aliphatic heterocycles. The third-order valence-electron chi connectivity index (χ3n) is 4.08. The van der Waals surface area contributed by atoms with E-state index in [-0.39, 0.29) is 24.3 Å². The highest BCUT2D eigenvalue weighted by Crippen LogP contribution is 2.09. The van der Waals surface area contributed by atoms with Gasteiger partial charge >= 0.3 is 0 Å². The Labute approximate surface area is 148 Å². The van der Waals surface area contributed by atoms with Gasteiger partial charge in [0.2, 0.25) is 5.91 Å². The predicted octanol–water partition coefficient (Wildman–Crippen LogP) is 2.42. The zero-order valence-electron chi connectivity index (χ0n) is 14.7. The van der Waals surface area contributed by atoms with Gasteiger partial charge in [-0.25, -0.2) is 4.98 Å². The van der Waals surface area contributed by atoms with Gasteiger partial charge in [-0.1, -0.05) is 37.3 Å². The van der Waals surface area contributed by atoms with E-state index in [4.69, 9.17) is 0 Å². The van der Waals surface area contributed by atoms with Crippen molar-refractivity contribution in [1.29, 1.82) is 0 Å². The lowest BCUT2D eigenvalue weighted by Crippen LogP contribution is -2.41. The smallest absolute Gasteiger partial charge is 0.274 e. The summed E-state index contributed by atoms with van der Waals surface area (Å²) in [5.74, 6) is -0.276. The molecule has 2 amide bonds. The van der Waals surface area contributed by atoms with E-state index < -0.39 is 0 Å². The highest BCUT2D eigenvalue weighted by molar-refractivity contribution is 5.92. The number of hydrogen-bond donors (Lipinski definition) is 1. The molecule has 0 radical (unpaired) electrons. The summed E-state index contributed by atoms with van der Waals surface area (Å²) >= 11 is 0. The third-order valence-corrected chi connectivity index (χ3v) is 4.08. The number of nitrogens with one attached hydrogen (secondary N) is 1. The monoisotopic (exact) mass is 340 g/mol. The average molecular weight is 340 g/mol. The van der Waals surface area contributed by atoms with Crippen LogP contribution in [0.2, 0.25) is 0 Å². The summed E-state index contributed by atoms with van der Waals surface area (Å²) in [4.78, 5) is 34.4. The van der Waals surface area contributed by atoms with Crippen LogP contribution in [0.1, 0.15) is 42.7 Å². The first-order chi connectivity index (χ1) is 12.1. The minimum absolute atomic E-state index is 0.0245. The zero-order valence-corrected chi connectivity index (χ0v) is 14.7. The first-order valence-corrected chi connectivity index (χ1v) is 8.49. The molecule has 1 N–H and O–H groups in total. The number of amides is 2. The van der Waals surface area contributed by atoms with Crippen molar-refractivity contribution in [2.24, 2.45) is 0 Å². The number of aromatic nitrogens is 2. The molecule has 1 aromatic carbocycles. The summed E-state index contributed by atoms with van der Waals surface area (Å²) in [6.07, 6.45) is 5.53. The van der Waals surface area contributed by atoms with Gasteiger partial charge in [0.1, 0.15) is 5.69 Å². The van der Waals surface area contributed by atoms with E-state index in [2.05, 4.69) is 15.3 Å². The Morgan fingerprint density at radius 3 is 2.60 bits per heavy atom. The quantitative estimate of drug-likeness (QED) is 0.801. The van der Waals surface area contributed by atoms with Crippen molar-refractivity contribution < 1.29 is 9.59 Å². The van der Waals surface area contributed by atoms with Gasteiger partial charge in [0.25, 0.3) is 5.91 Å². The van der Waals surface area contributed by atoms with E-state index in [0.717, 1.165) is 12.0 Å². The fraction of sp³-hybridized carbons (Fsp3) is 0.368. The molecular weight excluding hydrogens is 316 g/mol. The fourth-order valence-corrected chi connectivity index (χ4v) is 2.41. The number of carbonyl (C=O) groups excluding carboxylic acids is 2. The molecule has 132 valence electrons. The van der Waals surface area contributed by atoms with E-state index in [1.165, 1.54) is 18.6 Å². The van der Waals surface area contributed by atoms with Crippen molar-refractivity contribution in [2.75, 3.05) is 6.54 Å². The van der Waals surface area contributed by atoms with Gasteiger partial charge in [0, 0.05) is 37.9 Å². The highest BCUT2D eigenvalue weighted by atomic mass is 16.2. The van der Waals surface area contributed by atoms with Crippen LogP contribution in [0.3, 0.4) is 0 Å². The van der Waals surface area contributed by atoms with Gasteiger partial charge in [-0.3, -0.25) is 14.6 Å². The minimum atomic E-state index is -0.196. The minimum Gasteiger partial charge on any atom is -0.352 e. The lowest BCUT2D eigenvalue weighted by atomic mass is 10.2. The van der Waals surface area contributed by atoms with Crippen LogP contribution in [0.15, 0.2) is 48.9 Å². The van der Waals surface area contributed by atoms with Crippen molar-refractivity contribution in [3.05, 3.63) is 60.2 Å². The summed E-state index contributed by atoms with van der Waals surface area (Å²) in [5.41, 5.74) is 1.35. The van der Waals surface area contributed by atoms with Crippen LogP contribution < -0.4 is 5.32 Å². The Hall–Kier alpha value is -2.76. The predicted molar refractivity (Wildman–Crippen MR) is 95.7 cm³/mol. The molecule has 6 nitrogen and oxygen atoms in total. The largest absolute Gasteiger partial charge is 0.352 e. The maximum absolute atomic E-state index is 12.6. The van der Waals surface area contributed by atoms with Crippen LogP contribution in [0.25, 0.3) is 0 Å². The van der Waals surface area contributed by atoms with E-state index in [0.29, 0.717) is 18.8 Å². The van der Waals surface area contributed by atoms with Gasteiger partial charge in [0.05, 0.1) is 6.20 Å². The van der Waals surface area contributed by atoms with Gasteiger partial charge in [-0.15, -0.1) is 0 Å². The van der Waals surface area contributed by atoms with Crippen molar-refractivity contribution in [3.63, 3.8) is 0 Å². The first-order valence-electron chi connectivity index (χ1n) is 8.49. The Kier molecular flexibility index (Phi) is 7.07. The molecule has 0 saturated carbocycles. The number of nitrogens with zero attached hydrogens (tertiary/aromatic N) is 3. The molecule has 0 saturated heterocycles. The van der Waals surface area contributed by atoms with Crippen LogP contribution in [-0.4, -0.2) is 39.3 Å². The van der Waals surface area contributed by atoms with E-state index >= 15 is 0 Å². The van der Waals surface area contributed by atoms with Crippen LogP contribution in [-0.2, 0) is 11.3 Å². The molecule has 0 fully saturated rings. The molecule has 0 aliphatic carbocycles. The van der Waals surface area contributed by atoms with Gasteiger partial charge in [0.15, 0.2) is 0 Å². The second-order valence-electron chi connectivity index (χ2n) is 5.86. The maximum Gasteiger partial charge on any atom is 0.274 e.